The van der Waals surface area contributed by atoms with Gasteiger partial charge in [0.15, 0.2) is 17.3 Å². The fourth-order valence-electron chi connectivity index (χ4n) is 4.84. The molecule has 1 aliphatic heterocycles. The number of benzene rings is 2. The zero-order valence-electron chi connectivity index (χ0n) is 19.1. The smallest absolute Gasteiger partial charge is 0.232 e. The number of ether oxygens (including phenoxy) is 3. The molecule has 32 heavy (non-hydrogen) atoms. The number of allylic oxidation sites excluding steroid dienone is 2. The van der Waals surface area contributed by atoms with Crippen molar-refractivity contribution in [3.63, 3.8) is 0 Å². The molecule has 1 atom stereocenters. The monoisotopic (exact) mass is 435 g/mol. The number of hydrogen-bond acceptors (Lipinski definition) is 5. The number of rotatable bonds is 6. The van der Waals surface area contributed by atoms with E-state index in [-0.39, 0.29) is 24.0 Å². The molecule has 0 saturated heterocycles. The van der Waals surface area contributed by atoms with E-state index in [9.17, 15) is 9.59 Å². The molecule has 1 amide bonds. The Balaban J connectivity index is 1.87. The first-order chi connectivity index (χ1) is 15.5. The molecule has 0 fully saturated rings. The molecule has 0 saturated carbocycles. The second-order valence-corrected chi connectivity index (χ2v) is 8.07. The second kappa shape index (κ2) is 9.07. The first-order valence-corrected chi connectivity index (χ1v) is 11.0. The maximum Gasteiger partial charge on any atom is 0.232 e. The Morgan fingerprint density at radius 3 is 2.25 bits per heavy atom. The van der Waals surface area contributed by atoms with Gasteiger partial charge in [-0.3, -0.25) is 14.5 Å². The van der Waals surface area contributed by atoms with Crippen LogP contribution in [0.25, 0.3) is 0 Å². The van der Waals surface area contributed by atoms with Crippen molar-refractivity contribution in [2.45, 2.75) is 44.9 Å². The highest BCUT2D eigenvalue weighted by Gasteiger charge is 2.41. The predicted molar refractivity (Wildman–Crippen MR) is 123 cm³/mol. The summed E-state index contributed by atoms with van der Waals surface area (Å²) in [6.45, 7) is 2.10. The number of methoxy groups -OCH3 is 3. The van der Waals surface area contributed by atoms with Crippen molar-refractivity contribution in [1.82, 2.24) is 0 Å². The van der Waals surface area contributed by atoms with E-state index in [0.717, 1.165) is 29.8 Å². The third kappa shape index (κ3) is 3.64. The van der Waals surface area contributed by atoms with Gasteiger partial charge in [-0.1, -0.05) is 25.1 Å². The molecular formula is C26H29NO5. The summed E-state index contributed by atoms with van der Waals surface area (Å²) in [5, 5.41) is 0. The van der Waals surface area contributed by atoms with Crippen LogP contribution in [0.15, 0.2) is 47.7 Å². The molecule has 6 heteroatoms. The van der Waals surface area contributed by atoms with E-state index in [1.807, 2.05) is 30.3 Å². The van der Waals surface area contributed by atoms with Crippen molar-refractivity contribution in [3.8, 4) is 17.2 Å². The number of ketones is 1. The Labute approximate surface area is 188 Å². The lowest BCUT2D eigenvalue weighted by molar-refractivity contribution is -0.119. The summed E-state index contributed by atoms with van der Waals surface area (Å²) in [5.41, 5.74) is 4.30. The summed E-state index contributed by atoms with van der Waals surface area (Å²) in [7, 11) is 4.67. The minimum Gasteiger partial charge on any atom is -0.493 e. The van der Waals surface area contributed by atoms with Crippen LogP contribution in [0, 0.1) is 0 Å². The maximum absolute atomic E-state index is 13.5. The van der Waals surface area contributed by atoms with Crippen LogP contribution >= 0.6 is 0 Å². The molecule has 6 nitrogen and oxygen atoms in total. The summed E-state index contributed by atoms with van der Waals surface area (Å²) in [5.74, 6) is 1.18. The van der Waals surface area contributed by atoms with Gasteiger partial charge < -0.3 is 14.2 Å². The van der Waals surface area contributed by atoms with E-state index in [1.54, 1.807) is 32.3 Å². The topological polar surface area (TPSA) is 65.1 Å². The molecule has 0 spiro atoms. The van der Waals surface area contributed by atoms with Crippen molar-refractivity contribution in [1.29, 1.82) is 0 Å². The Hall–Kier alpha value is -3.28. The Morgan fingerprint density at radius 1 is 0.906 bits per heavy atom. The molecular weight excluding hydrogens is 406 g/mol. The van der Waals surface area contributed by atoms with Crippen molar-refractivity contribution >= 4 is 17.4 Å². The Morgan fingerprint density at radius 2 is 1.62 bits per heavy atom. The van der Waals surface area contributed by atoms with Gasteiger partial charge in [-0.15, -0.1) is 0 Å². The summed E-state index contributed by atoms with van der Waals surface area (Å²) in [4.78, 5) is 28.4. The lowest BCUT2D eigenvalue weighted by Gasteiger charge is -2.38. The lowest BCUT2D eigenvalue weighted by Crippen LogP contribution is -2.40. The second-order valence-electron chi connectivity index (χ2n) is 8.07. The number of amides is 1. The van der Waals surface area contributed by atoms with Gasteiger partial charge in [-0.2, -0.15) is 0 Å². The molecule has 0 unspecified atom stereocenters. The zero-order valence-corrected chi connectivity index (χ0v) is 19.1. The highest BCUT2D eigenvalue weighted by molar-refractivity contribution is 6.07. The van der Waals surface area contributed by atoms with Crippen LogP contribution in [0.2, 0.25) is 0 Å². The number of hydrogen-bond donors (Lipinski definition) is 0. The van der Waals surface area contributed by atoms with Crippen LogP contribution < -0.4 is 19.1 Å². The largest absolute Gasteiger partial charge is 0.493 e. The van der Waals surface area contributed by atoms with Gasteiger partial charge in [-0.05, 0) is 43.0 Å². The zero-order chi connectivity index (χ0) is 22.8. The van der Waals surface area contributed by atoms with Gasteiger partial charge in [0.2, 0.25) is 11.7 Å². The van der Waals surface area contributed by atoms with Crippen LogP contribution in [0.1, 0.15) is 49.7 Å². The third-order valence-corrected chi connectivity index (χ3v) is 6.39. The first kappa shape index (κ1) is 21.9. The van der Waals surface area contributed by atoms with Gasteiger partial charge in [0.05, 0.1) is 21.3 Å². The van der Waals surface area contributed by atoms with E-state index in [2.05, 4.69) is 6.92 Å². The van der Waals surface area contributed by atoms with Crippen LogP contribution in [0.4, 0.5) is 5.69 Å². The standard InChI is InChI=1S/C26H29NO5/c1-5-16-9-11-17(12-10-16)27-20-7-6-8-21(28)24(20)19(15-23(27)29)18-13-14-22(30-2)26(32-4)25(18)31-3/h9-14,19H,5-8,15H2,1-4H3/t19-/m1/s1. The molecule has 1 heterocycles. The van der Waals surface area contributed by atoms with Crippen LogP contribution in [-0.2, 0) is 16.0 Å². The predicted octanol–water partition coefficient (Wildman–Crippen LogP) is 4.80. The molecule has 2 aromatic carbocycles. The average molecular weight is 436 g/mol. The average Bonchev–Trinajstić information content (AvgIpc) is 2.82. The molecule has 1 aliphatic carbocycles. The maximum atomic E-state index is 13.5. The molecule has 2 aliphatic rings. The quantitative estimate of drug-likeness (QED) is 0.652. The van der Waals surface area contributed by atoms with Crippen molar-refractivity contribution in [2.24, 2.45) is 0 Å². The summed E-state index contributed by atoms with van der Waals surface area (Å²) < 4.78 is 16.6. The SMILES string of the molecule is CCc1ccc(N2C(=O)C[C@H](c3ccc(OC)c(OC)c3OC)C3=C2CCCC3=O)cc1. The molecule has 4 rings (SSSR count). The number of aryl methyl sites for hydroxylation is 1. The third-order valence-electron chi connectivity index (χ3n) is 6.39. The Kier molecular flexibility index (Phi) is 6.21. The van der Waals surface area contributed by atoms with Gasteiger partial charge in [0, 0.05) is 41.3 Å². The molecule has 0 N–H and O–H groups in total. The van der Waals surface area contributed by atoms with Crippen LogP contribution in [0.3, 0.4) is 0 Å². The molecule has 0 aromatic heterocycles. The number of carbonyl (C=O) groups is 2. The van der Waals surface area contributed by atoms with Gasteiger partial charge in [0.1, 0.15) is 0 Å². The number of Topliss-reactive ketones (excluding diaryl/α,β-unsaturated/α-hetero) is 1. The molecule has 168 valence electrons. The van der Waals surface area contributed by atoms with Crippen LogP contribution in [0.5, 0.6) is 17.2 Å². The van der Waals surface area contributed by atoms with Crippen molar-refractivity contribution in [3.05, 3.63) is 58.8 Å². The molecule has 0 bridgehead atoms. The minimum atomic E-state index is -0.383. The summed E-state index contributed by atoms with van der Waals surface area (Å²) >= 11 is 0. The van der Waals surface area contributed by atoms with E-state index in [4.69, 9.17) is 14.2 Å². The fraction of sp³-hybridized carbons (Fsp3) is 0.385. The van der Waals surface area contributed by atoms with E-state index in [1.165, 1.54) is 5.56 Å². The van der Waals surface area contributed by atoms with Gasteiger partial charge in [-0.25, -0.2) is 0 Å². The number of anilines is 1. The fourth-order valence-corrected chi connectivity index (χ4v) is 4.84. The normalized spacial score (nSPS) is 18.5. The minimum absolute atomic E-state index is 0.0236. The summed E-state index contributed by atoms with van der Waals surface area (Å²) in [6, 6.07) is 11.7. The van der Waals surface area contributed by atoms with Gasteiger partial charge in [0.25, 0.3) is 0 Å². The van der Waals surface area contributed by atoms with Gasteiger partial charge >= 0.3 is 0 Å². The first-order valence-electron chi connectivity index (χ1n) is 11.0. The van der Waals surface area contributed by atoms with Crippen molar-refractivity contribution < 1.29 is 23.8 Å². The number of nitrogens with zero attached hydrogens (tertiary/aromatic N) is 1. The highest BCUT2D eigenvalue weighted by atomic mass is 16.5. The summed E-state index contributed by atoms with van der Waals surface area (Å²) in [6.07, 6.45) is 3.04. The van der Waals surface area contributed by atoms with E-state index >= 15 is 0 Å². The van der Waals surface area contributed by atoms with E-state index < -0.39 is 0 Å². The molecule has 0 radical (unpaired) electrons. The van der Waals surface area contributed by atoms with Crippen LogP contribution in [-0.4, -0.2) is 33.0 Å². The highest BCUT2D eigenvalue weighted by Crippen LogP contribution is 2.49. The Bertz CT molecular complexity index is 1070. The lowest BCUT2D eigenvalue weighted by atomic mass is 9.76. The molecule has 2 aromatic rings. The van der Waals surface area contributed by atoms with E-state index in [0.29, 0.717) is 35.7 Å². The number of carbonyl (C=O) groups excluding carboxylic acids is 2. The van der Waals surface area contributed by atoms with Crippen molar-refractivity contribution in [2.75, 3.05) is 26.2 Å².